The summed E-state index contributed by atoms with van der Waals surface area (Å²) >= 11 is 0. The Kier molecular flexibility index (Phi) is 8.46. The van der Waals surface area contributed by atoms with Gasteiger partial charge in [0.15, 0.2) is 6.29 Å². The number of nitrogens with one attached hydrogen (secondary N) is 1. The molecule has 1 aromatic heterocycles. The van der Waals surface area contributed by atoms with Gasteiger partial charge in [0.25, 0.3) is 5.56 Å². The van der Waals surface area contributed by atoms with Crippen molar-refractivity contribution in [3.63, 3.8) is 0 Å². The number of rotatable bonds is 6. The molecule has 2 aromatic carbocycles. The minimum absolute atomic E-state index is 0. The van der Waals surface area contributed by atoms with Crippen LogP contribution >= 0.6 is 0 Å². The van der Waals surface area contributed by atoms with Crippen LogP contribution in [0.2, 0.25) is 0 Å². The maximum atomic E-state index is 13.0. The molecule has 0 amide bonds. The maximum Gasteiger partial charge on any atom is 0.279 e. The summed E-state index contributed by atoms with van der Waals surface area (Å²) in [5, 5.41) is 9.62. The number of aromatic nitrogens is 2. The summed E-state index contributed by atoms with van der Waals surface area (Å²) in [6.07, 6.45) is 0.396. The molecule has 30 heavy (non-hydrogen) atoms. The molecule has 7 N–H and O–H groups in total. The lowest BCUT2D eigenvalue weighted by Gasteiger charge is -2.20. The van der Waals surface area contributed by atoms with E-state index in [-0.39, 0.29) is 11.0 Å². The lowest BCUT2D eigenvalue weighted by atomic mass is 10.0. The molecule has 9 nitrogen and oxygen atoms in total. The molecule has 2 heterocycles. The van der Waals surface area contributed by atoms with Crippen molar-refractivity contribution in [3.05, 3.63) is 64.1 Å². The van der Waals surface area contributed by atoms with E-state index in [1.807, 2.05) is 56.3 Å². The SMILES string of the molecule is CCOC(OCC)c1ccc(-n2nc3c4c(cccc4c2=O)NCC3)cc1.NN.O. The first-order valence-electron chi connectivity index (χ1n) is 9.68. The highest BCUT2D eigenvalue weighted by atomic mass is 16.7. The van der Waals surface area contributed by atoms with Gasteiger partial charge < -0.3 is 20.3 Å². The molecule has 0 radical (unpaired) electrons. The van der Waals surface area contributed by atoms with E-state index in [0.29, 0.717) is 18.6 Å². The maximum absolute atomic E-state index is 13.0. The number of ether oxygens (including phenoxy) is 2. The Morgan fingerprint density at radius 2 is 1.77 bits per heavy atom. The van der Waals surface area contributed by atoms with Crippen LogP contribution in [0.4, 0.5) is 5.69 Å². The molecule has 0 atom stereocenters. The van der Waals surface area contributed by atoms with Gasteiger partial charge in [-0.2, -0.15) is 9.78 Å². The van der Waals surface area contributed by atoms with Crippen molar-refractivity contribution in [1.29, 1.82) is 0 Å². The molecule has 4 rings (SSSR count). The van der Waals surface area contributed by atoms with Gasteiger partial charge >= 0.3 is 0 Å². The highest BCUT2D eigenvalue weighted by Gasteiger charge is 2.18. The van der Waals surface area contributed by atoms with Crippen LogP contribution in [0.1, 0.15) is 31.4 Å². The number of nitrogens with zero attached hydrogens (tertiary/aromatic N) is 2. The Morgan fingerprint density at radius 3 is 2.40 bits per heavy atom. The predicted octanol–water partition coefficient (Wildman–Crippen LogP) is 1.42. The second kappa shape index (κ2) is 10.8. The Labute approximate surface area is 174 Å². The minimum atomic E-state index is -0.398. The van der Waals surface area contributed by atoms with E-state index in [9.17, 15) is 4.79 Å². The van der Waals surface area contributed by atoms with Gasteiger partial charge in [-0.3, -0.25) is 16.5 Å². The molecule has 0 saturated carbocycles. The Bertz CT molecular complexity index is 1010. The summed E-state index contributed by atoms with van der Waals surface area (Å²) in [5.74, 6) is 8.00. The molecule has 0 bridgehead atoms. The molecule has 0 saturated heterocycles. The van der Waals surface area contributed by atoms with Gasteiger partial charge in [0, 0.05) is 42.8 Å². The monoisotopic (exact) mass is 415 g/mol. The van der Waals surface area contributed by atoms with Gasteiger partial charge in [0.1, 0.15) is 0 Å². The zero-order chi connectivity index (χ0) is 20.8. The first-order valence-corrected chi connectivity index (χ1v) is 9.68. The van der Waals surface area contributed by atoms with Crippen LogP contribution in [0.25, 0.3) is 16.5 Å². The molecule has 1 aliphatic rings. The second-order valence-corrected chi connectivity index (χ2v) is 6.40. The average molecular weight is 415 g/mol. The smallest absolute Gasteiger partial charge is 0.279 e. The highest BCUT2D eigenvalue weighted by Crippen LogP contribution is 2.28. The quantitative estimate of drug-likeness (QED) is 0.313. The van der Waals surface area contributed by atoms with E-state index in [0.717, 1.165) is 41.0 Å². The van der Waals surface area contributed by atoms with Gasteiger partial charge in [-0.05, 0) is 38.1 Å². The highest BCUT2D eigenvalue weighted by molar-refractivity contribution is 5.96. The molecule has 0 spiro atoms. The van der Waals surface area contributed by atoms with Crippen molar-refractivity contribution in [2.75, 3.05) is 25.1 Å². The third-order valence-corrected chi connectivity index (χ3v) is 4.72. The van der Waals surface area contributed by atoms with Crippen LogP contribution in [0.15, 0.2) is 47.3 Å². The van der Waals surface area contributed by atoms with E-state index in [4.69, 9.17) is 9.47 Å². The zero-order valence-corrected chi connectivity index (χ0v) is 17.2. The van der Waals surface area contributed by atoms with Crippen LogP contribution < -0.4 is 22.6 Å². The zero-order valence-electron chi connectivity index (χ0n) is 17.2. The largest absolute Gasteiger partial charge is 0.412 e. The fourth-order valence-electron chi connectivity index (χ4n) is 3.50. The fourth-order valence-corrected chi connectivity index (χ4v) is 3.50. The molecule has 1 aliphatic heterocycles. The molecule has 3 aromatic rings. The van der Waals surface area contributed by atoms with E-state index in [1.165, 1.54) is 4.68 Å². The normalized spacial score (nSPS) is 12.0. The number of benzene rings is 2. The van der Waals surface area contributed by atoms with Gasteiger partial charge in [0.05, 0.1) is 16.8 Å². The Morgan fingerprint density at radius 1 is 1.10 bits per heavy atom. The Hall–Kier alpha value is -2.82. The van der Waals surface area contributed by atoms with E-state index in [1.54, 1.807) is 0 Å². The van der Waals surface area contributed by atoms with Crippen molar-refractivity contribution < 1.29 is 14.9 Å². The molecule has 0 fully saturated rings. The molecule has 162 valence electrons. The molecular weight excluding hydrogens is 386 g/mol. The van der Waals surface area contributed by atoms with Crippen molar-refractivity contribution in [3.8, 4) is 5.69 Å². The van der Waals surface area contributed by atoms with Crippen LogP contribution in [-0.2, 0) is 15.9 Å². The van der Waals surface area contributed by atoms with Gasteiger partial charge in [-0.25, -0.2) is 0 Å². The summed E-state index contributed by atoms with van der Waals surface area (Å²) in [4.78, 5) is 13.0. The summed E-state index contributed by atoms with van der Waals surface area (Å²) in [7, 11) is 0. The first kappa shape index (κ1) is 23.5. The molecule has 0 unspecified atom stereocenters. The van der Waals surface area contributed by atoms with Crippen LogP contribution in [-0.4, -0.2) is 35.0 Å². The average Bonchev–Trinajstić information content (AvgIpc) is 2.78. The van der Waals surface area contributed by atoms with Crippen molar-refractivity contribution >= 4 is 16.5 Å². The number of hydrogen-bond donors (Lipinski definition) is 3. The van der Waals surface area contributed by atoms with Crippen LogP contribution in [0.3, 0.4) is 0 Å². The van der Waals surface area contributed by atoms with Crippen molar-refractivity contribution in [1.82, 2.24) is 9.78 Å². The lowest BCUT2D eigenvalue weighted by molar-refractivity contribution is -0.140. The minimum Gasteiger partial charge on any atom is -0.412 e. The number of anilines is 1. The summed E-state index contributed by atoms with van der Waals surface area (Å²) in [5.41, 5.74) is 3.47. The molecular formula is C21H29N5O4. The third-order valence-electron chi connectivity index (χ3n) is 4.72. The summed E-state index contributed by atoms with van der Waals surface area (Å²) in [6, 6.07) is 13.4. The number of nitrogens with two attached hydrogens (primary N) is 2. The van der Waals surface area contributed by atoms with Crippen LogP contribution in [0, 0.1) is 0 Å². The lowest BCUT2D eigenvalue weighted by Crippen LogP contribution is -2.26. The number of hydrogen-bond acceptors (Lipinski definition) is 7. The van der Waals surface area contributed by atoms with Gasteiger partial charge in [-0.15, -0.1) is 0 Å². The van der Waals surface area contributed by atoms with E-state index >= 15 is 0 Å². The molecule has 0 aliphatic carbocycles. The third kappa shape index (κ3) is 4.50. The van der Waals surface area contributed by atoms with Gasteiger partial charge in [-0.1, -0.05) is 18.2 Å². The van der Waals surface area contributed by atoms with E-state index < -0.39 is 6.29 Å². The number of hydrazine groups is 1. The van der Waals surface area contributed by atoms with Crippen LogP contribution in [0.5, 0.6) is 0 Å². The van der Waals surface area contributed by atoms with Crippen molar-refractivity contribution in [2.45, 2.75) is 26.6 Å². The first-order chi connectivity index (χ1) is 14.2. The Balaban J connectivity index is 0.00000104. The molecule has 9 heteroatoms. The standard InChI is InChI=1S/C21H23N3O3.H4N2.H2O/c1-3-26-21(27-4-2)14-8-10-15(11-9-14)24-20(25)16-6-5-7-17-19(16)18(23-24)12-13-22-17;1-2;/h5-11,21-22H,3-4,12-13H2,1-2H3;1-2H2;1H2. The fraction of sp³-hybridized carbons (Fsp3) is 0.333. The summed E-state index contributed by atoms with van der Waals surface area (Å²) in [6.45, 7) is 5.83. The van der Waals surface area contributed by atoms with Crippen molar-refractivity contribution in [2.24, 2.45) is 11.7 Å². The predicted molar refractivity (Wildman–Crippen MR) is 118 cm³/mol. The van der Waals surface area contributed by atoms with Gasteiger partial charge in [0.2, 0.25) is 0 Å². The topological polar surface area (TPSA) is 149 Å². The van der Waals surface area contributed by atoms with E-state index in [2.05, 4.69) is 22.1 Å². The second-order valence-electron chi connectivity index (χ2n) is 6.40. The summed E-state index contributed by atoms with van der Waals surface area (Å²) < 4.78 is 12.8.